The van der Waals surface area contributed by atoms with E-state index in [1.165, 1.54) is 4.90 Å². The molecule has 1 heterocycles. The molecule has 1 N–H and O–H groups in total. The van der Waals surface area contributed by atoms with E-state index in [9.17, 15) is 9.59 Å². The predicted octanol–water partition coefficient (Wildman–Crippen LogP) is -0.325. The van der Waals surface area contributed by atoms with E-state index in [1.807, 2.05) is 7.05 Å². The summed E-state index contributed by atoms with van der Waals surface area (Å²) in [6, 6.07) is 0.457. The second-order valence-corrected chi connectivity index (χ2v) is 4.35. The Kier molecular flexibility index (Phi) is 4.73. The van der Waals surface area contributed by atoms with Crippen LogP contribution in [-0.2, 0) is 9.59 Å². The molecule has 1 fully saturated rings. The van der Waals surface area contributed by atoms with Crippen molar-refractivity contribution in [2.45, 2.75) is 25.8 Å². The topological polar surface area (TPSA) is 52.6 Å². The molecule has 0 saturated carbocycles. The van der Waals surface area contributed by atoms with E-state index in [0.29, 0.717) is 25.7 Å². The van der Waals surface area contributed by atoms with Gasteiger partial charge in [-0.1, -0.05) is 0 Å². The van der Waals surface area contributed by atoms with Crippen molar-refractivity contribution in [3.8, 4) is 0 Å². The third-order valence-corrected chi connectivity index (χ3v) is 3.08. The summed E-state index contributed by atoms with van der Waals surface area (Å²) < 4.78 is 0. The SMILES string of the molecule is CNC(C)CCCN1CCN(C)C(=O)C1=O. The number of nitrogens with one attached hydrogen (secondary N) is 1. The molecular formula is C11H21N3O2. The number of hydrogen-bond acceptors (Lipinski definition) is 3. The van der Waals surface area contributed by atoms with Gasteiger partial charge in [-0.3, -0.25) is 9.59 Å². The lowest BCUT2D eigenvalue weighted by Gasteiger charge is -2.31. The van der Waals surface area contributed by atoms with Gasteiger partial charge in [0, 0.05) is 32.7 Å². The molecule has 0 bridgehead atoms. The molecule has 92 valence electrons. The Morgan fingerprint density at radius 2 is 2.00 bits per heavy atom. The van der Waals surface area contributed by atoms with Gasteiger partial charge in [-0.15, -0.1) is 0 Å². The smallest absolute Gasteiger partial charge is 0.312 e. The number of carbonyl (C=O) groups excluding carboxylic acids is 2. The Morgan fingerprint density at radius 3 is 2.62 bits per heavy atom. The Morgan fingerprint density at radius 1 is 1.31 bits per heavy atom. The minimum atomic E-state index is -0.382. The average Bonchev–Trinajstić information content (AvgIpc) is 2.29. The molecular weight excluding hydrogens is 206 g/mol. The van der Waals surface area contributed by atoms with Gasteiger partial charge in [0.2, 0.25) is 0 Å². The van der Waals surface area contributed by atoms with Gasteiger partial charge in [0.25, 0.3) is 0 Å². The summed E-state index contributed by atoms with van der Waals surface area (Å²) in [4.78, 5) is 26.1. The number of nitrogens with zero attached hydrogens (tertiary/aromatic N) is 2. The van der Waals surface area contributed by atoms with Crippen LogP contribution in [0.2, 0.25) is 0 Å². The Labute approximate surface area is 96.8 Å². The van der Waals surface area contributed by atoms with Crippen LogP contribution in [-0.4, -0.2) is 61.4 Å². The van der Waals surface area contributed by atoms with Crippen molar-refractivity contribution < 1.29 is 9.59 Å². The summed E-state index contributed by atoms with van der Waals surface area (Å²) in [6.45, 7) is 4.10. The molecule has 0 spiro atoms. The van der Waals surface area contributed by atoms with E-state index in [1.54, 1.807) is 11.9 Å². The lowest BCUT2D eigenvalue weighted by atomic mass is 10.1. The second-order valence-electron chi connectivity index (χ2n) is 4.35. The highest BCUT2D eigenvalue weighted by atomic mass is 16.2. The highest BCUT2D eigenvalue weighted by Crippen LogP contribution is 2.05. The van der Waals surface area contributed by atoms with Crippen LogP contribution in [0.25, 0.3) is 0 Å². The van der Waals surface area contributed by atoms with Gasteiger partial charge >= 0.3 is 11.8 Å². The number of piperazine rings is 1. The molecule has 1 aliphatic rings. The molecule has 5 heteroatoms. The fourth-order valence-electron chi connectivity index (χ4n) is 1.72. The molecule has 0 aliphatic carbocycles. The van der Waals surface area contributed by atoms with Crippen LogP contribution in [0.4, 0.5) is 0 Å². The standard InChI is InChI=1S/C11H21N3O2/c1-9(12-2)5-4-6-14-8-7-13(3)10(15)11(14)16/h9,12H,4-8H2,1-3H3. The van der Waals surface area contributed by atoms with E-state index in [-0.39, 0.29) is 11.8 Å². The fourth-order valence-corrected chi connectivity index (χ4v) is 1.72. The van der Waals surface area contributed by atoms with Gasteiger partial charge < -0.3 is 15.1 Å². The molecule has 0 aromatic rings. The van der Waals surface area contributed by atoms with Crippen molar-refractivity contribution in [1.29, 1.82) is 0 Å². The molecule has 5 nitrogen and oxygen atoms in total. The quantitative estimate of drug-likeness (QED) is 0.655. The zero-order chi connectivity index (χ0) is 12.1. The normalized spacial score (nSPS) is 19.2. The summed E-state index contributed by atoms with van der Waals surface area (Å²) in [7, 11) is 3.59. The minimum Gasteiger partial charge on any atom is -0.336 e. The molecule has 1 saturated heterocycles. The maximum Gasteiger partial charge on any atom is 0.312 e. The van der Waals surface area contributed by atoms with Crippen LogP contribution in [0.15, 0.2) is 0 Å². The van der Waals surface area contributed by atoms with Crippen molar-refractivity contribution in [1.82, 2.24) is 15.1 Å². The van der Waals surface area contributed by atoms with Crippen LogP contribution < -0.4 is 5.32 Å². The van der Waals surface area contributed by atoms with Gasteiger partial charge in [0.05, 0.1) is 0 Å². The number of rotatable bonds is 5. The van der Waals surface area contributed by atoms with Gasteiger partial charge in [-0.05, 0) is 26.8 Å². The van der Waals surface area contributed by atoms with Crippen molar-refractivity contribution >= 4 is 11.8 Å². The average molecular weight is 227 g/mol. The van der Waals surface area contributed by atoms with E-state index in [2.05, 4.69) is 12.2 Å². The van der Waals surface area contributed by atoms with Gasteiger partial charge in [-0.2, -0.15) is 0 Å². The number of hydrogen-bond donors (Lipinski definition) is 1. The Balaban J connectivity index is 2.32. The Bertz CT molecular complexity index is 268. The molecule has 2 amide bonds. The number of carbonyl (C=O) groups is 2. The first-order valence-corrected chi connectivity index (χ1v) is 5.78. The maximum absolute atomic E-state index is 11.6. The van der Waals surface area contributed by atoms with Gasteiger partial charge in [0.15, 0.2) is 0 Å². The predicted molar refractivity (Wildman–Crippen MR) is 62.0 cm³/mol. The van der Waals surface area contributed by atoms with Crippen LogP contribution >= 0.6 is 0 Å². The maximum atomic E-state index is 11.6. The highest BCUT2D eigenvalue weighted by Gasteiger charge is 2.29. The molecule has 0 aromatic carbocycles. The fraction of sp³-hybridized carbons (Fsp3) is 0.818. The third-order valence-electron chi connectivity index (χ3n) is 3.08. The summed E-state index contributed by atoms with van der Waals surface area (Å²) in [5.74, 6) is -0.737. The molecule has 0 radical (unpaired) electrons. The molecule has 1 aliphatic heterocycles. The summed E-state index contributed by atoms with van der Waals surface area (Å²) in [5, 5.41) is 3.15. The third kappa shape index (κ3) is 3.20. The van der Waals surface area contributed by atoms with E-state index in [4.69, 9.17) is 0 Å². The van der Waals surface area contributed by atoms with Crippen molar-refractivity contribution in [2.75, 3.05) is 33.7 Å². The van der Waals surface area contributed by atoms with Gasteiger partial charge in [-0.25, -0.2) is 0 Å². The van der Waals surface area contributed by atoms with Crippen molar-refractivity contribution in [2.24, 2.45) is 0 Å². The molecule has 16 heavy (non-hydrogen) atoms. The first-order valence-electron chi connectivity index (χ1n) is 5.78. The van der Waals surface area contributed by atoms with Crippen LogP contribution in [0, 0.1) is 0 Å². The molecule has 0 aromatic heterocycles. The summed E-state index contributed by atoms with van der Waals surface area (Å²) >= 11 is 0. The van der Waals surface area contributed by atoms with Crippen LogP contribution in [0.5, 0.6) is 0 Å². The van der Waals surface area contributed by atoms with Crippen molar-refractivity contribution in [3.05, 3.63) is 0 Å². The molecule has 1 atom stereocenters. The largest absolute Gasteiger partial charge is 0.336 e. The van der Waals surface area contributed by atoms with Crippen LogP contribution in [0.3, 0.4) is 0 Å². The number of amides is 2. The molecule has 1 rings (SSSR count). The lowest BCUT2D eigenvalue weighted by Crippen LogP contribution is -2.53. The van der Waals surface area contributed by atoms with Crippen molar-refractivity contribution in [3.63, 3.8) is 0 Å². The first kappa shape index (κ1) is 13.0. The second kappa shape index (κ2) is 5.84. The zero-order valence-electron chi connectivity index (χ0n) is 10.3. The van der Waals surface area contributed by atoms with Crippen LogP contribution in [0.1, 0.15) is 19.8 Å². The van der Waals surface area contributed by atoms with E-state index < -0.39 is 0 Å². The first-order chi connectivity index (χ1) is 7.56. The Hall–Kier alpha value is -1.10. The lowest BCUT2D eigenvalue weighted by molar-refractivity contribution is -0.154. The summed E-state index contributed by atoms with van der Waals surface area (Å²) in [6.07, 6.45) is 1.95. The van der Waals surface area contributed by atoms with E-state index >= 15 is 0 Å². The van der Waals surface area contributed by atoms with E-state index in [0.717, 1.165) is 12.8 Å². The van der Waals surface area contributed by atoms with Gasteiger partial charge in [0.1, 0.15) is 0 Å². The monoisotopic (exact) mass is 227 g/mol. The number of likely N-dealkylation sites (N-methyl/N-ethyl adjacent to an activating group) is 1. The summed E-state index contributed by atoms with van der Waals surface area (Å²) in [5.41, 5.74) is 0. The highest BCUT2D eigenvalue weighted by molar-refractivity contribution is 6.35. The zero-order valence-corrected chi connectivity index (χ0v) is 10.3. The minimum absolute atomic E-state index is 0.356. The molecule has 1 unspecified atom stereocenters.